The summed E-state index contributed by atoms with van der Waals surface area (Å²) < 4.78 is 6.78. The molecule has 0 radical (unpaired) electrons. The van der Waals surface area contributed by atoms with Crippen LogP contribution < -0.4 is 4.90 Å². The Morgan fingerprint density at radius 1 is 1.19 bits per heavy atom. The Balaban J connectivity index is 1.62. The van der Waals surface area contributed by atoms with Crippen LogP contribution in [0.25, 0.3) is 0 Å². The van der Waals surface area contributed by atoms with Crippen molar-refractivity contribution < 1.29 is 24.0 Å². The number of phenolic OH excluding ortho intramolecular Hbond substituents is 1. The lowest BCUT2D eigenvalue weighted by Gasteiger charge is -2.28. The van der Waals surface area contributed by atoms with Crippen molar-refractivity contribution in [3.63, 3.8) is 0 Å². The Labute approximate surface area is 184 Å². The number of phenols is 1. The van der Waals surface area contributed by atoms with Crippen molar-refractivity contribution >= 4 is 23.9 Å². The number of imide groups is 1. The summed E-state index contributed by atoms with van der Waals surface area (Å²) >= 11 is 0. The first-order valence-corrected chi connectivity index (χ1v) is 10.0. The summed E-state index contributed by atoms with van der Waals surface area (Å²) in [5.74, 6) is 0.0928. The fraction of sp³-hybridized carbons (Fsp3) is 0.318. The molecule has 166 valence electrons. The molecular weight excluding hydrogens is 414 g/mol. The second-order valence-corrected chi connectivity index (χ2v) is 8.23. The maximum atomic E-state index is 13.3. The van der Waals surface area contributed by atoms with E-state index >= 15 is 0 Å². The number of carbonyl (C=O) groups is 3. The fourth-order valence-corrected chi connectivity index (χ4v) is 3.82. The van der Waals surface area contributed by atoms with Crippen molar-refractivity contribution in [2.24, 2.45) is 0 Å². The van der Waals surface area contributed by atoms with E-state index in [1.165, 1.54) is 17.2 Å². The van der Waals surface area contributed by atoms with Gasteiger partial charge in [-0.15, -0.1) is 0 Å². The summed E-state index contributed by atoms with van der Waals surface area (Å²) in [5.41, 5.74) is 1.35. The number of carbonyl (C=O) groups excluding carboxylic acids is 3. The van der Waals surface area contributed by atoms with E-state index in [-0.39, 0.29) is 17.9 Å². The second-order valence-electron chi connectivity index (χ2n) is 8.23. The molecule has 1 fully saturated rings. The predicted molar refractivity (Wildman–Crippen MR) is 113 cm³/mol. The highest BCUT2D eigenvalue weighted by Crippen LogP contribution is 2.34. The molecule has 1 N–H and O–H groups in total. The van der Waals surface area contributed by atoms with E-state index in [9.17, 15) is 19.5 Å². The Kier molecular flexibility index (Phi) is 5.08. The van der Waals surface area contributed by atoms with Crippen molar-refractivity contribution in [2.75, 3.05) is 4.90 Å². The molecule has 1 aromatic carbocycles. The Morgan fingerprint density at radius 2 is 1.94 bits per heavy atom. The SMILES string of the molecule is Cc1noc(C)c1Cn1cc(N2C(=O)N(Cc3cccc(O)c3C=O)C(C)(C)C2=O)cn1. The molecule has 0 saturated carbocycles. The van der Waals surface area contributed by atoms with Gasteiger partial charge in [0, 0.05) is 18.3 Å². The quantitative estimate of drug-likeness (QED) is 0.465. The Bertz CT molecular complexity index is 1210. The molecule has 10 nitrogen and oxygen atoms in total. The highest BCUT2D eigenvalue weighted by Gasteiger charge is 2.52. The lowest BCUT2D eigenvalue weighted by Crippen LogP contribution is -2.43. The van der Waals surface area contributed by atoms with Gasteiger partial charge in [0.25, 0.3) is 5.91 Å². The van der Waals surface area contributed by atoms with E-state index < -0.39 is 17.5 Å². The average molecular weight is 437 g/mol. The summed E-state index contributed by atoms with van der Waals surface area (Å²) in [6.07, 6.45) is 3.61. The lowest BCUT2D eigenvalue weighted by molar-refractivity contribution is -0.123. The molecule has 0 spiro atoms. The number of nitrogens with zero attached hydrogens (tertiary/aromatic N) is 5. The Morgan fingerprint density at radius 3 is 2.59 bits per heavy atom. The van der Waals surface area contributed by atoms with Gasteiger partial charge in [-0.05, 0) is 39.3 Å². The first-order valence-electron chi connectivity index (χ1n) is 10.0. The van der Waals surface area contributed by atoms with E-state index in [0.29, 0.717) is 29.8 Å². The van der Waals surface area contributed by atoms with Crippen molar-refractivity contribution in [1.82, 2.24) is 19.8 Å². The molecule has 32 heavy (non-hydrogen) atoms. The largest absolute Gasteiger partial charge is 0.507 e. The summed E-state index contributed by atoms with van der Waals surface area (Å²) in [6.45, 7) is 7.30. The number of aldehydes is 1. The molecule has 1 saturated heterocycles. The zero-order valence-electron chi connectivity index (χ0n) is 18.2. The molecule has 3 aromatic rings. The Hall–Kier alpha value is -3.95. The maximum absolute atomic E-state index is 13.3. The van der Waals surface area contributed by atoms with Crippen molar-refractivity contribution in [3.8, 4) is 5.75 Å². The molecule has 0 aliphatic carbocycles. The molecule has 0 unspecified atom stereocenters. The summed E-state index contributed by atoms with van der Waals surface area (Å²) in [4.78, 5) is 40.3. The lowest BCUT2D eigenvalue weighted by atomic mass is 10.0. The maximum Gasteiger partial charge on any atom is 0.332 e. The number of aromatic hydroxyl groups is 1. The van der Waals surface area contributed by atoms with E-state index in [1.807, 2.05) is 13.8 Å². The van der Waals surface area contributed by atoms with Gasteiger partial charge in [0.05, 0.1) is 29.7 Å². The number of amides is 3. The van der Waals surface area contributed by atoms with Crippen LogP contribution in [0.1, 0.15) is 46.8 Å². The van der Waals surface area contributed by atoms with Crippen LogP contribution in [0.4, 0.5) is 10.5 Å². The summed E-state index contributed by atoms with van der Waals surface area (Å²) in [7, 11) is 0. The number of hydrogen-bond acceptors (Lipinski definition) is 7. The first kappa shape index (κ1) is 21.3. The topological polar surface area (TPSA) is 122 Å². The third-order valence-corrected chi connectivity index (χ3v) is 5.82. The predicted octanol–water partition coefficient (Wildman–Crippen LogP) is 2.80. The number of aromatic nitrogens is 3. The van der Waals surface area contributed by atoms with Crippen molar-refractivity contribution in [1.29, 1.82) is 0 Å². The normalized spacial score (nSPS) is 15.6. The average Bonchev–Trinajstić information content (AvgIpc) is 3.37. The number of hydrogen-bond donors (Lipinski definition) is 1. The van der Waals surface area contributed by atoms with E-state index in [1.54, 1.807) is 36.9 Å². The van der Waals surface area contributed by atoms with Crippen LogP contribution in [0, 0.1) is 13.8 Å². The summed E-state index contributed by atoms with van der Waals surface area (Å²) in [5, 5.41) is 18.2. The van der Waals surface area contributed by atoms with Crippen molar-refractivity contribution in [3.05, 3.63) is 58.7 Å². The van der Waals surface area contributed by atoms with Gasteiger partial charge in [0.1, 0.15) is 17.0 Å². The number of urea groups is 1. The highest BCUT2D eigenvalue weighted by atomic mass is 16.5. The zero-order valence-corrected chi connectivity index (χ0v) is 18.2. The smallest absolute Gasteiger partial charge is 0.332 e. The van der Waals surface area contributed by atoms with Crippen LogP contribution in [0.3, 0.4) is 0 Å². The zero-order chi connectivity index (χ0) is 23.2. The van der Waals surface area contributed by atoms with Crippen LogP contribution in [0.15, 0.2) is 35.1 Å². The van der Waals surface area contributed by atoms with E-state index in [2.05, 4.69) is 10.3 Å². The minimum absolute atomic E-state index is 0.0102. The molecule has 3 heterocycles. The monoisotopic (exact) mass is 437 g/mol. The molecule has 4 rings (SSSR count). The molecular formula is C22H23N5O5. The highest BCUT2D eigenvalue weighted by molar-refractivity contribution is 6.22. The second kappa shape index (κ2) is 7.63. The van der Waals surface area contributed by atoms with E-state index in [0.717, 1.165) is 16.2 Å². The van der Waals surface area contributed by atoms with Gasteiger partial charge in [0.15, 0.2) is 6.29 Å². The molecule has 3 amide bonds. The molecule has 0 atom stereocenters. The van der Waals surface area contributed by atoms with E-state index in [4.69, 9.17) is 4.52 Å². The van der Waals surface area contributed by atoms with Crippen LogP contribution in [0.5, 0.6) is 5.75 Å². The van der Waals surface area contributed by atoms with Gasteiger partial charge >= 0.3 is 6.03 Å². The van der Waals surface area contributed by atoms with Crippen LogP contribution in [-0.4, -0.2) is 48.7 Å². The minimum atomic E-state index is -1.16. The molecule has 1 aliphatic heterocycles. The number of aryl methyl sites for hydroxylation is 2. The van der Waals surface area contributed by atoms with Gasteiger partial charge in [-0.2, -0.15) is 5.10 Å². The molecule has 0 bridgehead atoms. The van der Waals surface area contributed by atoms with Gasteiger partial charge < -0.3 is 14.5 Å². The molecule has 1 aliphatic rings. The van der Waals surface area contributed by atoms with Crippen LogP contribution >= 0.6 is 0 Å². The van der Waals surface area contributed by atoms with Gasteiger partial charge in [-0.25, -0.2) is 9.69 Å². The molecule has 10 heteroatoms. The number of benzene rings is 1. The number of rotatable bonds is 6. The van der Waals surface area contributed by atoms with Crippen molar-refractivity contribution in [2.45, 2.75) is 46.3 Å². The molecule has 2 aromatic heterocycles. The fourth-order valence-electron chi connectivity index (χ4n) is 3.82. The first-order chi connectivity index (χ1) is 15.1. The van der Waals surface area contributed by atoms with Gasteiger partial charge in [0.2, 0.25) is 0 Å². The summed E-state index contributed by atoms with van der Waals surface area (Å²) in [6, 6.07) is 4.09. The standard InChI is InChI=1S/C22H23N5O5/c1-13-17(14(2)32-24-13)11-25-10-16(8-23-25)27-20(30)22(3,4)26(21(27)31)9-15-6-5-7-19(29)18(15)12-28/h5-8,10,12,29H,9,11H2,1-4H3. The van der Waals surface area contributed by atoms with Gasteiger partial charge in [-0.3, -0.25) is 14.3 Å². The minimum Gasteiger partial charge on any atom is -0.507 e. The van der Waals surface area contributed by atoms with Gasteiger partial charge in [-0.1, -0.05) is 17.3 Å². The number of anilines is 1. The van der Waals surface area contributed by atoms with Crippen LogP contribution in [0.2, 0.25) is 0 Å². The third-order valence-electron chi connectivity index (χ3n) is 5.82. The van der Waals surface area contributed by atoms with Crippen LogP contribution in [-0.2, 0) is 17.9 Å². The third kappa shape index (κ3) is 3.33.